The van der Waals surface area contributed by atoms with Crippen molar-refractivity contribution >= 4 is 17.4 Å². The molecule has 7 nitrogen and oxygen atoms in total. The summed E-state index contributed by atoms with van der Waals surface area (Å²) in [7, 11) is 0. The normalized spacial score (nSPS) is 10.5. The maximum Gasteiger partial charge on any atom is 0.319 e. The lowest BCUT2D eigenvalue weighted by atomic mass is 10.2. The van der Waals surface area contributed by atoms with Crippen molar-refractivity contribution in [3.63, 3.8) is 0 Å². The fourth-order valence-electron chi connectivity index (χ4n) is 2.10. The van der Waals surface area contributed by atoms with Crippen molar-refractivity contribution in [2.75, 3.05) is 31.5 Å². The number of urea groups is 1. The van der Waals surface area contributed by atoms with Gasteiger partial charge in [0.1, 0.15) is 0 Å². The van der Waals surface area contributed by atoms with E-state index in [9.17, 15) is 14.9 Å². The first-order chi connectivity index (χ1) is 10.5. The molecule has 1 aromatic carbocycles. The highest BCUT2D eigenvalue weighted by Gasteiger charge is 2.12. The minimum atomic E-state index is -0.456. The fourth-order valence-corrected chi connectivity index (χ4v) is 2.10. The topological polar surface area (TPSA) is 87.5 Å². The van der Waals surface area contributed by atoms with Crippen LogP contribution in [0.5, 0.6) is 0 Å². The molecule has 0 saturated carbocycles. The van der Waals surface area contributed by atoms with Gasteiger partial charge in [0.15, 0.2) is 0 Å². The number of aryl methyl sites for hydroxylation is 1. The Balaban J connectivity index is 2.42. The van der Waals surface area contributed by atoms with Gasteiger partial charge in [0.2, 0.25) is 0 Å². The van der Waals surface area contributed by atoms with Crippen molar-refractivity contribution in [3.05, 3.63) is 33.9 Å². The van der Waals surface area contributed by atoms with Gasteiger partial charge in [-0.05, 0) is 39.0 Å². The number of nitrogens with zero attached hydrogens (tertiary/aromatic N) is 2. The van der Waals surface area contributed by atoms with Gasteiger partial charge in [-0.1, -0.05) is 19.9 Å². The molecule has 0 spiro atoms. The molecular weight excluding hydrogens is 284 g/mol. The van der Waals surface area contributed by atoms with Crippen LogP contribution in [0.15, 0.2) is 18.2 Å². The van der Waals surface area contributed by atoms with E-state index in [2.05, 4.69) is 29.4 Å². The van der Waals surface area contributed by atoms with E-state index in [1.54, 1.807) is 19.1 Å². The molecule has 0 heterocycles. The van der Waals surface area contributed by atoms with Crippen molar-refractivity contribution in [1.29, 1.82) is 0 Å². The molecule has 0 aliphatic rings. The highest BCUT2D eigenvalue weighted by molar-refractivity contribution is 5.89. The molecule has 0 aliphatic heterocycles. The third-order valence-corrected chi connectivity index (χ3v) is 3.49. The number of nitro groups is 1. The quantitative estimate of drug-likeness (QED) is 0.439. The lowest BCUT2D eigenvalue weighted by Gasteiger charge is -2.17. The second-order valence-corrected chi connectivity index (χ2v) is 5.02. The average molecular weight is 308 g/mol. The smallest absolute Gasteiger partial charge is 0.319 e. The van der Waals surface area contributed by atoms with Crippen molar-refractivity contribution in [1.82, 2.24) is 10.2 Å². The number of nitro benzene ring substituents is 1. The number of carbonyl (C=O) groups excluding carboxylic acids is 1. The molecule has 7 heteroatoms. The Bertz CT molecular complexity index is 516. The number of rotatable bonds is 8. The van der Waals surface area contributed by atoms with E-state index in [1.165, 1.54) is 6.07 Å². The zero-order valence-electron chi connectivity index (χ0n) is 13.4. The summed E-state index contributed by atoms with van der Waals surface area (Å²) in [4.78, 5) is 24.4. The van der Waals surface area contributed by atoms with Crippen molar-refractivity contribution in [2.24, 2.45) is 0 Å². The van der Waals surface area contributed by atoms with E-state index in [0.29, 0.717) is 17.8 Å². The van der Waals surface area contributed by atoms with Gasteiger partial charge in [0.05, 0.1) is 4.92 Å². The van der Waals surface area contributed by atoms with Crippen LogP contribution in [-0.4, -0.2) is 42.0 Å². The van der Waals surface area contributed by atoms with Crippen LogP contribution < -0.4 is 10.6 Å². The third kappa shape index (κ3) is 5.69. The van der Waals surface area contributed by atoms with Crippen LogP contribution in [0.25, 0.3) is 0 Å². The number of benzene rings is 1. The molecule has 0 radical (unpaired) electrons. The van der Waals surface area contributed by atoms with Gasteiger partial charge in [-0.15, -0.1) is 0 Å². The summed E-state index contributed by atoms with van der Waals surface area (Å²) >= 11 is 0. The van der Waals surface area contributed by atoms with E-state index >= 15 is 0 Å². The second kappa shape index (κ2) is 8.99. The Hall–Kier alpha value is -2.15. The molecule has 22 heavy (non-hydrogen) atoms. The first-order valence-electron chi connectivity index (χ1n) is 7.50. The summed E-state index contributed by atoms with van der Waals surface area (Å²) in [5.74, 6) is 0. The van der Waals surface area contributed by atoms with E-state index < -0.39 is 4.92 Å². The highest BCUT2D eigenvalue weighted by atomic mass is 16.6. The minimum Gasteiger partial charge on any atom is -0.338 e. The Morgan fingerprint density at radius 1 is 1.32 bits per heavy atom. The standard InChI is InChI=1S/C15H24N4O3/c1-4-18(5-2)10-6-9-16-15(20)17-13-8-7-12(3)14(11-13)19(21)22/h7-8,11H,4-6,9-10H2,1-3H3,(H2,16,17,20). The molecule has 0 fully saturated rings. The largest absolute Gasteiger partial charge is 0.338 e. The summed E-state index contributed by atoms with van der Waals surface area (Å²) < 4.78 is 0. The second-order valence-electron chi connectivity index (χ2n) is 5.02. The molecule has 2 amide bonds. The Morgan fingerprint density at radius 3 is 2.59 bits per heavy atom. The maximum absolute atomic E-state index is 11.8. The molecule has 1 aromatic rings. The Labute approximate surface area is 130 Å². The van der Waals surface area contributed by atoms with Gasteiger partial charge in [-0.3, -0.25) is 10.1 Å². The van der Waals surface area contributed by atoms with Gasteiger partial charge in [-0.2, -0.15) is 0 Å². The molecule has 0 unspecified atom stereocenters. The van der Waals surface area contributed by atoms with Gasteiger partial charge >= 0.3 is 6.03 Å². The number of amides is 2. The number of hydrogen-bond acceptors (Lipinski definition) is 4. The van der Waals surface area contributed by atoms with E-state index in [0.717, 1.165) is 26.1 Å². The predicted molar refractivity (Wildman–Crippen MR) is 87.3 cm³/mol. The number of anilines is 1. The molecule has 0 aliphatic carbocycles. The van der Waals surface area contributed by atoms with Gasteiger partial charge in [-0.25, -0.2) is 4.79 Å². The van der Waals surface area contributed by atoms with Crippen LogP contribution in [0.1, 0.15) is 25.8 Å². The third-order valence-electron chi connectivity index (χ3n) is 3.49. The van der Waals surface area contributed by atoms with Crippen LogP contribution in [0, 0.1) is 17.0 Å². The molecule has 0 saturated heterocycles. The summed E-state index contributed by atoms with van der Waals surface area (Å²) in [6.07, 6.45) is 0.864. The predicted octanol–water partition coefficient (Wildman–Crippen LogP) is 2.76. The monoisotopic (exact) mass is 308 g/mol. The highest BCUT2D eigenvalue weighted by Crippen LogP contribution is 2.22. The van der Waals surface area contributed by atoms with Crippen LogP contribution >= 0.6 is 0 Å². The lowest BCUT2D eigenvalue weighted by Crippen LogP contribution is -2.32. The SMILES string of the molecule is CCN(CC)CCCNC(=O)Nc1ccc(C)c([N+](=O)[O-])c1. The van der Waals surface area contributed by atoms with Crippen molar-refractivity contribution in [2.45, 2.75) is 27.2 Å². The number of carbonyl (C=O) groups is 1. The zero-order chi connectivity index (χ0) is 16.5. The zero-order valence-corrected chi connectivity index (χ0v) is 13.4. The molecule has 0 aromatic heterocycles. The average Bonchev–Trinajstić information content (AvgIpc) is 2.49. The van der Waals surface area contributed by atoms with Crippen molar-refractivity contribution < 1.29 is 9.72 Å². The van der Waals surface area contributed by atoms with E-state index in [-0.39, 0.29) is 11.7 Å². The molecule has 122 valence electrons. The van der Waals surface area contributed by atoms with E-state index in [1.807, 2.05) is 0 Å². The van der Waals surface area contributed by atoms with Gasteiger partial charge in [0, 0.05) is 23.9 Å². The van der Waals surface area contributed by atoms with E-state index in [4.69, 9.17) is 0 Å². The van der Waals surface area contributed by atoms with Gasteiger partial charge in [0.25, 0.3) is 5.69 Å². The fraction of sp³-hybridized carbons (Fsp3) is 0.533. The summed E-state index contributed by atoms with van der Waals surface area (Å²) in [5.41, 5.74) is 0.980. The van der Waals surface area contributed by atoms with Gasteiger partial charge < -0.3 is 15.5 Å². The number of hydrogen-bond donors (Lipinski definition) is 2. The first-order valence-corrected chi connectivity index (χ1v) is 7.50. The molecule has 0 bridgehead atoms. The Morgan fingerprint density at radius 2 is 2.00 bits per heavy atom. The number of nitrogens with one attached hydrogen (secondary N) is 2. The van der Waals surface area contributed by atoms with Crippen LogP contribution in [0.4, 0.5) is 16.2 Å². The van der Waals surface area contributed by atoms with Crippen LogP contribution in [-0.2, 0) is 0 Å². The van der Waals surface area contributed by atoms with Crippen molar-refractivity contribution in [3.8, 4) is 0 Å². The first kappa shape index (κ1) is 17.9. The molecule has 1 rings (SSSR count). The Kier molecular flexibility index (Phi) is 7.31. The maximum atomic E-state index is 11.8. The lowest BCUT2D eigenvalue weighted by molar-refractivity contribution is -0.385. The summed E-state index contributed by atoms with van der Waals surface area (Å²) in [6, 6.07) is 4.29. The summed E-state index contributed by atoms with van der Waals surface area (Å²) in [5, 5.41) is 16.2. The minimum absolute atomic E-state index is 0.000617. The summed E-state index contributed by atoms with van der Waals surface area (Å²) in [6.45, 7) is 9.36. The van der Waals surface area contributed by atoms with Crippen LogP contribution in [0.2, 0.25) is 0 Å². The molecule has 0 atom stereocenters. The molecule has 2 N–H and O–H groups in total. The van der Waals surface area contributed by atoms with Crippen LogP contribution in [0.3, 0.4) is 0 Å². The molecular formula is C15H24N4O3.